The van der Waals surface area contributed by atoms with Crippen molar-refractivity contribution in [2.45, 2.75) is 19.1 Å². The Hall–Kier alpha value is -2.30. The van der Waals surface area contributed by atoms with Crippen molar-refractivity contribution in [1.82, 2.24) is 9.13 Å². The largest absolute Gasteiger partial charge is 0.487 e. The summed E-state index contributed by atoms with van der Waals surface area (Å²) >= 11 is 0. The lowest BCUT2D eigenvalue weighted by molar-refractivity contribution is 0.0823. The maximum atomic E-state index is 12.0. The molecule has 0 spiro atoms. The van der Waals surface area contributed by atoms with Crippen molar-refractivity contribution in [1.29, 1.82) is 5.41 Å². The molecule has 0 bridgehead atoms. The van der Waals surface area contributed by atoms with E-state index in [2.05, 4.69) is 0 Å². The van der Waals surface area contributed by atoms with E-state index >= 15 is 0 Å². The number of rotatable bonds is 2. The number of aromatic nitrogens is 2. The number of benzene rings is 1. The van der Waals surface area contributed by atoms with Gasteiger partial charge in [0.1, 0.15) is 11.9 Å². The van der Waals surface area contributed by atoms with Crippen molar-refractivity contribution in [2.24, 2.45) is 7.05 Å². The molecule has 1 N–H and O–H groups in total. The molecule has 5 nitrogen and oxygen atoms in total. The molecule has 0 amide bonds. The highest BCUT2D eigenvalue weighted by Crippen LogP contribution is 2.27. The predicted octanol–water partition coefficient (Wildman–Crippen LogP) is 1.34. The highest BCUT2D eigenvalue weighted by Gasteiger charge is 2.26. The highest BCUT2D eigenvalue weighted by molar-refractivity contribution is 5.99. The third kappa shape index (κ3) is 2.07. The van der Waals surface area contributed by atoms with E-state index < -0.39 is 0 Å². The molecule has 1 aliphatic rings. The minimum absolute atomic E-state index is 0.106. The molecule has 5 heteroatoms. The Bertz CT molecular complexity index is 684. The molecular weight excluding hydrogens is 242 g/mol. The summed E-state index contributed by atoms with van der Waals surface area (Å²) in [4.78, 5) is 12.0. The lowest BCUT2D eigenvalue weighted by atomic mass is 10.0. The number of para-hydroxylation sites is 1. The van der Waals surface area contributed by atoms with Crippen LogP contribution in [0.15, 0.2) is 36.7 Å². The number of hydrogen-bond donors (Lipinski definition) is 1. The van der Waals surface area contributed by atoms with Crippen molar-refractivity contribution in [3.8, 4) is 5.75 Å². The van der Waals surface area contributed by atoms with Gasteiger partial charge >= 0.3 is 0 Å². The van der Waals surface area contributed by atoms with E-state index in [0.717, 1.165) is 0 Å². The monoisotopic (exact) mass is 257 g/mol. The minimum Gasteiger partial charge on any atom is -0.487 e. The third-order valence-corrected chi connectivity index (χ3v) is 3.37. The molecule has 1 aromatic carbocycles. The van der Waals surface area contributed by atoms with Crippen LogP contribution in [0.25, 0.3) is 0 Å². The van der Waals surface area contributed by atoms with Gasteiger partial charge in [0.05, 0.1) is 12.1 Å². The van der Waals surface area contributed by atoms with E-state index in [4.69, 9.17) is 10.1 Å². The van der Waals surface area contributed by atoms with Gasteiger partial charge < -0.3 is 13.9 Å². The first kappa shape index (κ1) is 11.8. The van der Waals surface area contributed by atoms with Crippen LogP contribution < -0.4 is 10.4 Å². The number of ketones is 1. The van der Waals surface area contributed by atoms with Crippen LogP contribution >= 0.6 is 0 Å². The van der Waals surface area contributed by atoms with Crippen LogP contribution in [0.5, 0.6) is 5.75 Å². The zero-order chi connectivity index (χ0) is 13.4. The fraction of sp³-hybridized carbons (Fsp3) is 0.286. The van der Waals surface area contributed by atoms with Crippen molar-refractivity contribution < 1.29 is 9.53 Å². The third-order valence-electron chi connectivity index (χ3n) is 3.37. The lowest BCUT2D eigenvalue weighted by Gasteiger charge is -2.25. The zero-order valence-corrected chi connectivity index (χ0v) is 10.7. The molecule has 2 aromatic rings. The minimum atomic E-state index is -0.209. The summed E-state index contributed by atoms with van der Waals surface area (Å²) in [6.07, 6.45) is 3.80. The molecule has 1 unspecified atom stereocenters. The summed E-state index contributed by atoms with van der Waals surface area (Å²) in [7, 11) is 1.82. The van der Waals surface area contributed by atoms with Crippen LogP contribution in [0.1, 0.15) is 16.8 Å². The summed E-state index contributed by atoms with van der Waals surface area (Å²) in [6, 6.07) is 7.31. The van der Waals surface area contributed by atoms with Gasteiger partial charge in [0.25, 0.3) is 0 Å². The molecule has 0 radical (unpaired) electrons. The summed E-state index contributed by atoms with van der Waals surface area (Å²) in [5.41, 5.74) is 1.05. The van der Waals surface area contributed by atoms with Gasteiger partial charge in [-0.15, -0.1) is 0 Å². The fourth-order valence-corrected chi connectivity index (χ4v) is 2.33. The van der Waals surface area contributed by atoms with E-state index in [1.807, 2.05) is 37.6 Å². The van der Waals surface area contributed by atoms with Crippen LogP contribution in [0.4, 0.5) is 0 Å². The van der Waals surface area contributed by atoms with Gasteiger partial charge in [0.2, 0.25) is 5.62 Å². The highest BCUT2D eigenvalue weighted by atomic mass is 16.5. The van der Waals surface area contributed by atoms with E-state index in [1.54, 1.807) is 15.2 Å². The number of Topliss-reactive ketones (excluding diaryl/α,β-unsaturated/α-hetero) is 1. The maximum Gasteiger partial charge on any atom is 0.201 e. The quantitative estimate of drug-likeness (QED) is 0.882. The zero-order valence-electron chi connectivity index (χ0n) is 10.7. The van der Waals surface area contributed by atoms with Gasteiger partial charge in [0, 0.05) is 25.9 Å². The Kier molecular flexibility index (Phi) is 2.74. The molecule has 0 aliphatic carbocycles. The van der Waals surface area contributed by atoms with Gasteiger partial charge in [-0.2, -0.15) is 0 Å². The molecule has 98 valence electrons. The number of hydrogen-bond acceptors (Lipinski definition) is 3. The van der Waals surface area contributed by atoms with Crippen molar-refractivity contribution in [2.75, 3.05) is 0 Å². The lowest BCUT2D eigenvalue weighted by Crippen LogP contribution is -2.34. The number of nitrogens with one attached hydrogen (secondary N) is 1. The average molecular weight is 257 g/mol. The van der Waals surface area contributed by atoms with Crippen LogP contribution in [0.3, 0.4) is 0 Å². The van der Waals surface area contributed by atoms with Crippen LogP contribution in [0.2, 0.25) is 0 Å². The number of carbonyl (C=O) groups excluding carboxylic acids is 1. The number of ether oxygens (including phenoxy) is 1. The van der Waals surface area contributed by atoms with Crippen LogP contribution in [-0.4, -0.2) is 21.0 Å². The smallest absolute Gasteiger partial charge is 0.201 e. The molecular formula is C14H15N3O2. The molecule has 3 rings (SSSR count). The Morgan fingerprint density at radius 2 is 2.16 bits per heavy atom. The Morgan fingerprint density at radius 1 is 1.37 bits per heavy atom. The summed E-state index contributed by atoms with van der Waals surface area (Å²) in [5.74, 6) is 0.752. The number of carbonyl (C=O) groups is 1. The standard InChI is InChI=1S/C14H15N3O2/c1-16-6-7-17(14(16)15)9-10-8-12(18)11-4-2-3-5-13(11)19-10/h2-7,10,15H,8-9H2,1H3. The number of imidazole rings is 1. The molecule has 2 heterocycles. The average Bonchev–Trinajstić information content (AvgIpc) is 2.71. The first-order valence-electron chi connectivity index (χ1n) is 6.20. The summed E-state index contributed by atoms with van der Waals surface area (Å²) in [6.45, 7) is 0.514. The molecule has 1 aromatic heterocycles. The van der Waals surface area contributed by atoms with Crippen molar-refractivity contribution in [3.05, 3.63) is 47.8 Å². The maximum absolute atomic E-state index is 12.0. The first-order chi connectivity index (χ1) is 9.15. The molecule has 0 fully saturated rings. The second-order valence-electron chi connectivity index (χ2n) is 4.75. The van der Waals surface area contributed by atoms with Crippen LogP contribution in [-0.2, 0) is 13.6 Å². The Labute approximate surface area is 110 Å². The molecule has 1 aliphatic heterocycles. The first-order valence-corrected chi connectivity index (χ1v) is 6.20. The van der Waals surface area contributed by atoms with Gasteiger partial charge in [-0.3, -0.25) is 10.2 Å². The topological polar surface area (TPSA) is 60.0 Å². The van der Waals surface area contributed by atoms with Gasteiger partial charge in [-0.05, 0) is 12.1 Å². The molecule has 1 atom stereocenters. The predicted molar refractivity (Wildman–Crippen MR) is 69.1 cm³/mol. The second-order valence-corrected chi connectivity index (χ2v) is 4.75. The SMILES string of the molecule is Cn1ccn(CC2CC(=O)c3ccccc3O2)c1=N. The Morgan fingerprint density at radius 3 is 2.89 bits per heavy atom. The van der Waals surface area contributed by atoms with E-state index in [9.17, 15) is 4.79 Å². The molecule has 0 saturated carbocycles. The second kappa shape index (κ2) is 4.42. The number of fused-ring (bicyclic) bond motifs is 1. The summed E-state index contributed by atoms with van der Waals surface area (Å²) < 4.78 is 9.34. The van der Waals surface area contributed by atoms with E-state index in [1.165, 1.54) is 0 Å². The van der Waals surface area contributed by atoms with Gasteiger partial charge in [-0.25, -0.2) is 0 Å². The van der Waals surface area contributed by atoms with Gasteiger partial charge in [-0.1, -0.05) is 12.1 Å². The van der Waals surface area contributed by atoms with E-state index in [0.29, 0.717) is 29.9 Å². The number of nitrogens with zero attached hydrogens (tertiary/aromatic N) is 2. The fourth-order valence-electron chi connectivity index (χ4n) is 2.33. The number of aryl methyl sites for hydroxylation is 1. The Balaban J connectivity index is 1.84. The van der Waals surface area contributed by atoms with E-state index in [-0.39, 0.29) is 11.9 Å². The normalized spacial score (nSPS) is 17.9. The van der Waals surface area contributed by atoms with Crippen LogP contribution in [0, 0.1) is 5.41 Å². The molecule has 19 heavy (non-hydrogen) atoms. The molecule has 0 saturated heterocycles. The van der Waals surface area contributed by atoms with Crippen molar-refractivity contribution >= 4 is 5.78 Å². The van der Waals surface area contributed by atoms with Crippen molar-refractivity contribution in [3.63, 3.8) is 0 Å². The van der Waals surface area contributed by atoms with Gasteiger partial charge in [0.15, 0.2) is 5.78 Å². The summed E-state index contributed by atoms with van der Waals surface area (Å²) in [5, 5.41) is 7.87.